The fraction of sp³-hybridized carbons (Fsp3) is 0.125. The molecule has 0 atom stereocenters. The standard InChI is InChI=1S/C24H20N4O3/c1-16-11-12-20-25-23(17-7-3-2-4-8-17)24(28(20)13-16)26-21(29)14-27-18-9-5-6-10-19(18)31-15-22(27)30/h2-13H,14-15H2,1H3,(H,26,29). The zero-order valence-electron chi connectivity index (χ0n) is 16.9. The second kappa shape index (κ2) is 7.60. The number of fused-ring (bicyclic) bond motifs is 2. The van der Waals surface area contributed by atoms with Gasteiger partial charge in [0.15, 0.2) is 6.61 Å². The van der Waals surface area contributed by atoms with Gasteiger partial charge in [-0.25, -0.2) is 4.98 Å². The molecule has 3 heterocycles. The second-order valence-electron chi connectivity index (χ2n) is 7.39. The number of ether oxygens (including phenoxy) is 1. The molecule has 4 aromatic rings. The van der Waals surface area contributed by atoms with Gasteiger partial charge in [0.05, 0.1) is 5.69 Å². The third kappa shape index (κ3) is 3.50. The van der Waals surface area contributed by atoms with Crippen LogP contribution in [0.15, 0.2) is 72.9 Å². The number of aromatic nitrogens is 2. The first-order valence-corrected chi connectivity index (χ1v) is 9.96. The number of hydrogen-bond acceptors (Lipinski definition) is 4. The molecule has 1 aliphatic rings. The highest BCUT2D eigenvalue weighted by Gasteiger charge is 2.27. The van der Waals surface area contributed by atoms with Crippen LogP contribution >= 0.6 is 0 Å². The van der Waals surface area contributed by atoms with Crippen LogP contribution in [-0.4, -0.2) is 34.4 Å². The van der Waals surface area contributed by atoms with Crippen molar-refractivity contribution in [3.05, 3.63) is 78.5 Å². The van der Waals surface area contributed by atoms with E-state index in [1.807, 2.05) is 72.1 Å². The van der Waals surface area contributed by atoms with Crippen LogP contribution in [0.5, 0.6) is 5.75 Å². The highest BCUT2D eigenvalue weighted by molar-refractivity contribution is 6.05. The predicted octanol–water partition coefficient (Wildman–Crippen LogP) is 3.67. The summed E-state index contributed by atoms with van der Waals surface area (Å²) in [6.45, 7) is 1.78. The predicted molar refractivity (Wildman–Crippen MR) is 118 cm³/mol. The molecule has 1 aliphatic heterocycles. The third-order valence-corrected chi connectivity index (χ3v) is 5.18. The molecule has 1 N–H and O–H groups in total. The van der Waals surface area contributed by atoms with E-state index in [0.717, 1.165) is 16.8 Å². The van der Waals surface area contributed by atoms with Crippen molar-refractivity contribution in [1.82, 2.24) is 9.38 Å². The van der Waals surface area contributed by atoms with Gasteiger partial charge in [0.1, 0.15) is 29.5 Å². The molecular formula is C24H20N4O3. The van der Waals surface area contributed by atoms with Crippen LogP contribution < -0.4 is 15.0 Å². The normalized spacial score (nSPS) is 13.1. The van der Waals surface area contributed by atoms with Crippen molar-refractivity contribution in [3.8, 4) is 17.0 Å². The molecule has 5 rings (SSSR count). The van der Waals surface area contributed by atoms with Crippen LogP contribution in [0.25, 0.3) is 16.9 Å². The first-order chi connectivity index (χ1) is 15.1. The molecule has 0 fully saturated rings. The minimum absolute atomic E-state index is 0.0889. The van der Waals surface area contributed by atoms with Crippen LogP contribution in [0, 0.1) is 6.92 Å². The van der Waals surface area contributed by atoms with Gasteiger partial charge in [0.2, 0.25) is 5.91 Å². The number of nitrogens with zero attached hydrogens (tertiary/aromatic N) is 3. The minimum Gasteiger partial charge on any atom is -0.482 e. The van der Waals surface area contributed by atoms with Crippen molar-refractivity contribution >= 4 is 29.0 Å². The van der Waals surface area contributed by atoms with Crippen molar-refractivity contribution in [2.24, 2.45) is 0 Å². The van der Waals surface area contributed by atoms with E-state index in [9.17, 15) is 9.59 Å². The summed E-state index contributed by atoms with van der Waals surface area (Å²) >= 11 is 0. The molecule has 7 nitrogen and oxygen atoms in total. The quantitative estimate of drug-likeness (QED) is 0.555. The maximum atomic E-state index is 13.1. The number of benzene rings is 2. The number of pyridine rings is 1. The van der Waals surface area contributed by atoms with Crippen LogP contribution in [-0.2, 0) is 9.59 Å². The topological polar surface area (TPSA) is 75.9 Å². The first-order valence-electron chi connectivity index (χ1n) is 9.96. The number of amides is 2. The molecule has 0 radical (unpaired) electrons. The van der Waals surface area contributed by atoms with Gasteiger partial charge in [-0.3, -0.25) is 18.9 Å². The summed E-state index contributed by atoms with van der Waals surface area (Å²) in [6, 6.07) is 20.8. The Morgan fingerprint density at radius 2 is 1.84 bits per heavy atom. The molecule has 0 spiro atoms. The van der Waals surface area contributed by atoms with E-state index >= 15 is 0 Å². The van der Waals surface area contributed by atoms with Gasteiger partial charge in [-0.15, -0.1) is 0 Å². The van der Waals surface area contributed by atoms with Crippen molar-refractivity contribution in [1.29, 1.82) is 0 Å². The number of nitrogens with one attached hydrogen (secondary N) is 1. The van der Waals surface area contributed by atoms with E-state index < -0.39 is 0 Å². The number of rotatable bonds is 4. The zero-order chi connectivity index (χ0) is 21.4. The Kier molecular flexibility index (Phi) is 4.63. The number of aryl methyl sites for hydroxylation is 1. The number of anilines is 2. The average Bonchev–Trinajstić information content (AvgIpc) is 3.14. The smallest absolute Gasteiger partial charge is 0.265 e. The molecule has 154 valence electrons. The number of carbonyl (C=O) groups excluding carboxylic acids is 2. The Bertz CT molecular complexity index is 1300. The number of imidazole rings is 1. The number of carbonyl (C=O) groups is 2. The molecule has 2 amide bonds. The van der Waals surface area contributed by atoms with Crippen molar-refractivity contribution in [3.63, 3.8) is 0 Å². The van der Waals surface area contributed by atoms with E-state index in [-0.39, 0.29) is 25.0 Å². The number of hydrogen-bond donors (Lipinski definition) is 1. The lowest BCUT2D eigenvalue weighted by Gasteiger charge is -2.28. The summed E-state index contributed by atoms with van der Waals surface area (Å²) in [5.74, 6) is 0.589. The van der Waals surface area contributed by atoms with Gasteiger partial charge in [0, 0.05) is 11.8 Å². The summed E-state index contributed by atoms with van der Waals surface area (Å²) in [6.07, 6.45) is 1.93. The molecule has 0 saturated heterocycles. The van der Waals surface area contributed by atoms with E-state index in [2.05, 4.69) is 5.32 Å². The van der Waals surface area contributed by atoms with Gasteiger partial charge >= 0.3 is 0 Å². The van der Waals surface area contributed by atoms with Crippen LogP contribution in [0.1, 0.15) is 5.56 Å². The van der Waals surface area contributed by atoms with Gasteiger partial charge < -0.3 is 10.1 Å². The van der Waals surface area contributed by atoms with E-state index in [1.165, 1.54) is 4.90 Å². The Hall–Kier alpha value is -4.13. The fourth-order valence-corrected chi connectivity index (χ4v) is 3.71. The van der Waals surface area contributed by atoms with Gasteiger partial charge in [0.25, 0.3) is 5.91 Å². The van der Waals surface area contributed by atoms with Gasteiger partial charge in [-0.1, -0.05) is 48.5 Å². The van der Waals surface area contributed by atoms with E-state index in [0.29, 0.717) is 22.9 Å². The molecular weight excluding hydrogens is 392 g/mol. The fourth-order valence-electron chi connectivity index (χ4n) is 3.71. The molecule has 2 aromatic carbocycles. The van der Waals surface area contributed by atoms with Crippen molar-refractivity contribution in [2.45, 2.75) is 6.92 Å². The molecule has 0 unspecified atom stereocenters. The monoisotopic (exact) mass is 412 g/mol. The summed E-state index contributed by atoms with van der Waals surface area (Å²) in [7, 11) is 0. The molecule has 0 saturated carbocycles. The summed E-state index contributed by atoms with van der Waals surface area (Å²) < 4.78 is 7.33. The highest BCUT2D eigenvalue weighted by Crippen LogP contribution is 2.32. The molecule has 0 aliphatic carbocycles. The lowest BCUT2D eigenvalue weighted by atomic mass is 10.1. The van der Waals surface area contributed by atoms with Gasteiger partial charge in [-0.2, -0.15) is 0 Å². The maximum absolute atomic E-state index is 13.1. The Morgan fingerprint density at radius 3 is 2.68 bits per heavy atom. The third-order valence-electron chi connectivity index (χ3n) is 5.18. The minimum atomic E-state index is -0.314. The van der Waals surface area contributed by atoms with Crippen LogP contribution in [0.4, 0.5) is 11.5 Å². The summed E-state index contributed by atoms with van der Waals surface area (Å²) in [4.78, 5) is 31.7. The zero-order valence-corrected chi connectivity index (χ0v) is 16.9. The SMILES string of the molecule is Cc1ccc2nc(-c3ccccc3)c(NC(=O)CN3C(=O)COc4ccccc43)n2c1. The largest absolute Gasteiger partial charge is 0.482 e. The average molecular weight is 412 g/mol. The lowest BCUT2D eigenvalue weighted by molar-refractivity contribution is -0.123. The molecule has 31 heavy (non-hydrogen) atoms. The first kappa shape index (κ1) is 18.9. The highest BCUT2D eigenvalue weighted by atomic mass is 16.5. The Balaban J connectivity index is 1.50. The number of para-hydroxylation sites is 2. The summed E-state index contributed by atoms with van der Waals surface area (Å²) in [5.41, 5.74) is 3.93. The molecule has 0 bridgehead atoms. The van der Waals surface area contributed by atoms with Gasteiger partial charge in [-0.05, 0) is 30.7 Å². The lowest BCUT2D eigenvalue weighted by Crippen LogP contribution is -2.43. The summed E-state index contributed by atoms with van der Waals surface area (Å²) in [5, 5.41) is 2.98. The molecule has 7 heteroatoms. The van der Waals surface area contributed by atoms with E-state index in [1.54, 1.807) is 12.1 Å². The Labute approximate surface area is 178 Å². The van der Waals surface area contributed by atoms with Crippen molar-refractivity contribution < 1.29 is 14.3 Å². The van der Waals surface area contributed by atoms with Crippen LogP contribution in [0.2, 0.25) is 0 Å². The van der Waals surface area contributed by atoms with Crippen molar-refractivity contribution in [2.75, 3.05) is 23.4 Å². The molecule has 2 aromatic heterocycles. The maximum Gasteiger partial charge on any atom is 0.265 e. The second-order valence-corrected chi connectivity index (χ2v) is 7.39. The van der Waals surface area contributed by atoms with Crippen LogP contribution in [0.3, 0.4) is 0 Å². The Morgan fingerprint density at radius 1 is 1.06 bits per heavy atom. The van der Waals surface area contributed by atoms with E-state index in [4.69, 9.17) is 9.72 Å².